The second kappa shape index (κ2) is 6.91. The molecule has 1 aromatic carbocycles. The third kappa shape index (κ3) is 3.65. The van der Waals surface area contributed by atoms with Gasteiger partial charge in [-0.25, -0.2) is 0 Å². The number of anilines is 1. The van der Waals surface area contributed by atoms with Crippen molar-refractivity contribution >= 4 is 21.6 Å². The molecule has 1 aliphatic heterocycles. The van der Waals surface area contributed by atoms with Gasteiger partial charge >= 0.3 is 0 Å². The van der Waals surface area contributed by atoms with Gasteiger partial charge in [0.05, 0.1) is 5.69 Å². The number of nitrogens with one attached hydrogen (secondary N) is 1. The molecule has 1 fully saturated rings. The van der Waals surface area contributed by atoms with Crippen LogP contribution in [-0.4, -0.2) is 19.3 Å². The fraction of sp³-hybridized carbons (Fsp3) is 0.647. The van der Waals surface area contributed by atoms with E-state index in [4.69, 9.17) is 9.47 Å². The fourth-order valence-corrected chi connectivity index (χ4v) is 3.76. The first kappa shape index (κ1) is 15.0. The van der Waals surface area contributed by atoms with Crippen molar-refractivity contribution in [3.05, 3.63) is 16.6 Å². The maximum atomic E-state index is 5.68. The fourth-order valence-electron chi connectivity index (χ4n) is 3.33. The maximum absolute atomic E-state index is 5.68. The van der Waals surface area contributed by atoms with Crippen molar-refractivity contribution in [2.75, 3.05) is 18.5 Å². The van der Waals surface area contributed by atoms with Gasteiger partial charge in [0.1, 0.15) is 13.2 Å². The van der Waals surface area contributed by atoms with Crippen LogP contribution < -0.4 is 14.8 Å². The molecule has 3 nitrogen and oxygen atoms in total. The van der Waals surface area contributed by atoms with E-state index in [2.05, 4.69) is 34.2 Å². The van der Waals surface area contributed by atoms with Gasteiger partial charge in [-0.3, -0.25) is 0 Å². The summed E-state index contributed by atoms with van der Waals surface area (Å²) in [5.41, 5.74) is 1.12. The maximum Gasteiger partial charge on any atom is 0.163 e. The molecule has 1 aliphatic carbocycles. The predicted molar refractivity (Wildman–Crippen MR) is 89.4 cm³/mol. The van der Waals surface area contributed by atoms with Crippen molar-refractivity contribution in [1.29, 1.82) is 0 Å². The van der Waals surface area contributed by atoms with E-state index >= 15 is 0 Å². The number of rotatable bonds is 3. The van der Waals surface area contributed by atoms with Gasteiger partial charge < -0.3 is 14.8 Å². The van der Waals surface area contributed by atoms with Crippen LogP contribution in [0, 0.1) is 5.92 Å². The lowest BCUT2D eigenvalue weighted by Crippen LogP contribution is -2.20. The SMILES string of the molecule is CCC1CCCC(Nc2cc3c(cc2Br)OCCO3)CC1. The predicted octanol–water partition coefficient (Wildman–Crippen LogP) is 4.99. The summed E-state index contributed by atoms with van der Waals surface area (Å²) in [5.74, 6) is 2.61. The highest BCUT2D eigenvalue weighted by Gasteiger charge is 2.20. The zero-order valence-electron chi connectivity index (χ0n) is 12.7. The molecular weight excluding hydrogens is 330 g/mol. The van der Waals surface area contributed by atoms with Crippen LogP contribution in [0.2, 0.25) is 0 Å². The lowest BCUT2D eigenvalue weighted by Gasteiger charge is -2.23. The number of hydrogen-bond donors (Lipinski definition) is 1. The quantitative estimate of drug-likeness (QED) is 0.776. The van der Waals surface area contributed by atoms with E-state index < -0.39 is 0 Å². The molecule has 0 amide bonds. The van der Waals surface area contributed by atoms with Gasteiger partial charge in [0.25, 0.3) is 0 Å². The van der Waals surface area contributed by atoms with E-state index in [1.807, 2.05) is 6.07 Å². The van der Waals surface area contributed by atoms with Gasteiger partial charge in [0.15, 0.2) is 11.5 Å². The lowest BCUT2D eigenvalue weighted by atomic mass is 9.98. The highest BCUT2D eigenvalue weighted by molar-refractivity contribution is 9.10. The molecule has 3 rings (SSSR count). The number of hydrogen-bond acceptors (Lipinski definition) is 3. The highest BCUT2D eigenvalue weighted by atomic mass is 79.9. The molecule has 0 saturated heterocycles. The Morgan fingerprint density at radius 2 is 1.86 bits per heavy atom. The first-order valence-corrected chi connectivity index (χ1v) is 8.91. The Morgan fingerprint density at radius 3 is 2.62 bits per heavy atom. The summed E-state index contributed by atoms with van der Waals surface area (Å²) < 4.78 is 12.4. The van der Waals surface area contributed by atoms with Gasteiger partial charge in [0.2, 0.25) is 0 Å². The first-order chi connectivity index (χ1) is 10.3. The Labute approximate surface area is 135 Å². The molecule has 2 aliphatic rings. The summed E-state index contributed by atoms with van der Waals surface area (Å²) in [5, 5.41) is 3.70. The molecule has 2 unspecified atom stereocenters. The summed E-state index contributed by atoms with van der Waals surface area (Å²) in [4.78, 5) is 0. The molecule has 1 aromatic rings. The van der Waals surface area contributed by atoms with Crippen LogP contribution in [0.15, 0.2) is 16.6 Å². The van der Waals surface area contributed by atoms with Crippen molar-refractivity contribution in [2.45, 2.75) is 51.5 Å². The summed E-state index contributed by atoms with van der Waals surface area (Å²) in [6.07, 6.45) is 7.91. The number of benzene rings is 1. The normalized spacial score (nSPS) is 25.2. The highest BCUT2D eigenvalue weighted by Crippen LogP contribution is 2.39. The standard InChI is InChI=1S/C17H24BrNO2/c1-2-12-4-3-5-13(7-6-12)19-15-11-17-16(10-14(15)18)20-8-9-21-17/h10-13,19H,2-9H2,1H3. The van der Waals surface area contributed by atoms with Crippen LogP contribution in [0.4, 0.5) is 5.69 Å². The van der Waals surface area contributed by atoms with E-state index in [9.17, 15) is 0 Å². The van der Waals surface area contributed by atoms with E-state index in [-0.39, 0.29) is 0 Å². The summed E-state index contributed by atoms with van der Waals surface area (Å²) in [7, 11) is 0. The minimum Gasteiger partial charge on any atom is -0.486 e. The van der Waals surface area contributed by atoms with Crippen molar-refractivity contribution in [1.82, 2.24) is 0 Å². The third-order valence-corrected chi connectivity index (χ3v) is 5.31. The number of halogens is 1. The van der Waals surface area contributed by atoms with E-state index in [1.54, 1.807) is 0 Å². The van der Waals surface area contributed by atoms with Crippen molar-refractivity contribution in [3.63, 3.8) is 0 Å². The molecule has 4 heteroatoms. The van der Waals surface area contributed by atoms with Crippen LogP contribution in [0.1, 0.15) is 45.4 Å². The Bertz CT molecular complexity index is 492. The molecule has 1 heterocycles. The second-order valence-corrected chi connectivity index (χ2v) is 6.95. The number of ether oxygens (including phenoxy) is 2. The van der Waals surface area contributed by atoms with Crippen LogP contribution in [0.5, 0.6) is 11.5 Å². The van der Waals surface area contributed by atoms with Gasteiger partial charge in [-0.05, 0) is 41.1 Å². The minimum absolute atomic E-state index is 0.570. The molecule has 0 radical (unpaired) electrons. The van der Waals surface area contributed by atoms with Gasteiger partial charge in [-0.15, -0.1) is 0 Å². The Morgan fingerprint density at radius 1 is 1.10 bits per heavy atom. The molecule has 1 saturated carbocycles. The van der Waals surface area contributed by atoms with Crippen molar-refractivity contribution in [3.8, 4) is 11.5 Å². The van der Waals surface area contributed by atoms with Gasteiger partial charge in [-0.2, -0.15) is 0 Å². The van der Waals surface area contributed by atoms with Crippen LogP contribution in [0.3, 0.4) is 0 Å². The Kier molecular flexibility index (Phi) is 4.94. The summed E-state index contributed by atoms with van der Waals surface area (Å²) in [6.45, 7) is 3.58. The Hall–Kier alpha value is -0.900. The molecule has 116 valence electrons. The van der Waals surface area contributed by atoms with E-state index in [0.717, 1.165) is 27.6 Å². The molecule has 0 aromatic heterocycles. The van der Waals surface area contributed by atoms with Crippen LogP contribution in [-0.2, 0) is 0 Å². The smallest absolute Gasteiger partial charge is 0.163 e. The van der Waals surface area contributed by atoms with Crippen LogP contribution in [0.25, 0.3) is 0 Å². The van der Waals surface area contributed by atoms with E-state index in [1.165, 1.54) is 38.5 Å². The topological polar surface area (TPSA) is 30.5 Å². The molecule has 1 N–H and O–H groups in total. The zero-order valence-corrected chi connectivity index (χ0v) is 14.2. The summed E-state index contributed by atoms with van der Waals surface area (Å²) >= 11 is 3.65. The van der Waals surface area contributed by atoms with Gasteiger partial charge in [0, 0.05) is 22.6 Å². The average Bonchev–Trinajstić information content (AvgIpc) is 2.73. The molecule has 0 bridgehead atoms. The first-order valence-electron chi connectivity index (χ1n) is 8.12. The van der Waals surface area contributed by atoms with Crippen LogP contribution >= 0.6 is 15.9 Å². The van der Waals surface area contributed by atoms with Crippen molar-refractivity contribution in [2.24, 2.45) is 5.92 Å². The zero-order chi connectivity index (χ0) is 14.7. The third-order valence-electron chi connectivity index (χ3n) is 4.66. The largest absolute Gasteiger partial charge is 0.486 e. The van der Waals surface area contributed by atoms with Crippen molar-refractivity contribution < 1.29 is 9.47 Å². The average molecular weight is 354 g/mol. The van der Waals surface area contributed by atoms with Gasteiger partial charge in [-0.1, -0.05) is 26.2 Å². The lowest BCUT2D eigenvalue weighted by molar-refractivity contribution is 0.171. The monoisotopic (exact) mass is 353 g/mol. The Balaban J connectivity index is 1.69. The molecule has 21 heavy (non-hydrogen) atoms. The number of fused-ring (bicyclic) bond motifs is 1. The minimum atomic E-state index is 0.570. The second-order valence-electron chi connectivity index (χ2n) is 6.10. The molecule has 0 spiro atoms. The molecular formula is C17H24BrNO2. The van der Waals surface area contributed by atoms with E-state index in [0.29, 0.717) is 19.3 Å². The summed E-state index contributed by atoms with van der Waals surface area (Å²) in [6, 6.07) is 4.66. The molecule has 2 atom stereocenters.